The third-order valence-corrected chi connectivity index (χ3v) is 3.17. The van der Waals surface area contributed by atoms with Crippen molar-refractivity contribution in [3.05, 3.63) is 48.2 Å². The van der Waals surface area contributed by atoms with Crippen molar-refractivity contribution in [3.63, 3.8) is 0 Å². The maximum atomic E-state index is 11.8. The van der Waals surface area contributed by atoms with Crippen LogP contribution in [-0.4, -0.2) is 15.7 Å². The smallest absolute Gasteiger partial charge is 0.225 e. The minimum absolute atomic E-state index is 0.0632. The summed E-state index contributed by atoms with van der Waals surface area (Å²) in [6.45, 7) is 2.80. The quantitative estimate of drug-likeness (QED) is 0.784. The van der Waals surface area contributed by atoms with Crippen LogP contribution in [0.5, 0.6) is 0 Å². The van der Waals surface area contributed by atoms with Crippen LogP contribution in [0.3, 0.4) is 0 Å². The van der Waals surface area contributed by atoms with E-state index in [9.17, 15) is 4.79 Å². The molecule has 4 heteroatoms. The number of nitrogens with one attached hydrogen (secondary N) is 1. The molecule has 1 amide bonds. The largest absolute Gasteiger partial charge is 0.311 e. The van der Waals surface area contributed by atoms with E-state index in [0.29, 0.717) is 13.0 Å². The molecule has 0 saturated heterocycles. The fourth-order valence-electron chi connectivity index (χ4n) is 2.06. The Morgan fingerprint density at radius 3 is 2.75 bits per heavy atom. The Labute approximate surface area is 119 Å². The second-order valence-electron chi connectivity index (χ2n) is 4.86. The van der Waals surface area contributed by atoms with E-state index in [0.717, 1.165) is 30.6 Å². The molecular formula is C16H21N3O. The van der Waals surface area contributed by atoms with E-state index in [4.69, 9.17) is 0 Å². The summed E-state index contributed by atoms with van der Waals surface area (Å²) >= 11 is 0. The molecule has 106 valence electrons. The Morgan fingerprint density at radius 1 is 1.20 bits per heavy atom. The molecule has 0 atom stereocenters. The fraction of sp³-hybridized carbons (Fsp3) is 0.375. The zero-order valence-corrected chi connectivity index (χ0v) is 11.9. The molecule has 4 nitrogen and oxygen atoms in total. The van der Waals surface area contributed by atoms with Crippen LogP contribution in [0, 0.1) is 0 Å². The average molecular weight is 271 g/mol. The number of nitrogens with zero attached hydrogens (tertiary/aromatic N) is 2. The van der Waals surface area contributed by atoms with Gasteiger partial charge in [0.05, 0.1) is 12.7 Å². The highest BCUT2D eigenvalue weighted by Crippen LogP contribution is 2.11. The summed E-state index contributed by atoms with van der Waals surface area (Å²) in [7, 11) is 0. The van der Waals surface area contributed by atoms with E-state index in [1.165, 1.54) is 0 Å². The zero-order valence-electron chi connectivity index (χ0n) is 11.9. The molecule has 0 aliphatic heterocycles. The summed E-state index contributed by atoms with van der Waals surface area (Å²) in [6, 6.07) is 11.9. The molecule has 0 aliphatic carbocycles. The molecule has 1 heterocycles. The van der Waals surface area contributed by atoms with Gasteiger partial charge in [-0.25, -0.2) is 4.68 Å². The van der Waals surface area contributed by atoms with Crippen molar-refractivity contribution >= 4 is 11.7 Å². The van der Waals surface area contributed by atoms with Gasteiger partial charge in [-0.1, -0.05) is 50.1 Å². The maximum Gasteiger partial charge on any atom is 0.225 e. The van der Waals surface area contributed by atoms with Crippen LogP contribution in [0.1, 0.15) is 38.2 Å². The zero-order chi connectivity index (χ0) is 14.2. The van der Waals surface area contributed by atoms with Gasteiger partial charge in [-0.3, -0.25) is 4.79 Å². The monoisotopic (exact) mass is 271 g/mol. The highest BCUT2D eigenvalue weighted by atomic mass is 16.1. The van der Waals surface area contributed by atoms with Crippen molar-refractivity contribution in [3.8, 4) is 0 Å². The number of carbonyl (C=O) groups excluding carboxylic acids is 1. The molecule has 0 aliphatic rings. The normalized spacial score (nSPS) is 10.4. The molecule has 0 saturated carbocycles. The van der Waals surface area contributed by atoms with Crippen LogP contribution in [0.2, 0.25) is 0 Å². The first-order valence-electron chi connectivity index (χ1n) is 7.15. The fourth-order valence-corrected chi connectivity index (χ4v) is 2.06. The van der Waals surface area contributed by atoms with Gasteiger partial charge >= 0.3 is 0 Å². The molecule has 0 bridgehead atoms. The summed E-state index contributed by atoms with van der Waals surface area (Å²) in [4.78, 5) is 11.8. The first-order valence-corrected chi connectivity index (χ1v) is 7.15. The molecule has 1 aromatic heterocycles. The summed E-state index contributed by atoms with van der Waals surface area (Å²) in [5, 5.41) is 7.19. The molecular weight excluding hydrogens is 250 g/mol. The number of anilines is 1. The van der Waals surface area contributed by atoms with Gasteiger partial charge in [0.2, 0.25) is 5.91 Å². The van der Waals surface area contributed by atoms with Crippen molar-refractivity contribution in [2.24, 2.45) is 0 Å². The number of hydrogen-bond acceptors (Lipinski definition) is 2. The predicted molar refractivity (Wildman–Crippen MR) is 80.5 cm³/mol. The molecule has 0 spiro atoms. The van der Waals surface area contributed by atoms with Crippen molar-refractivity contribution in [2.45, 2.75) is 39.2 Å². The summed E-state index contributed by atoms with van der Waals surface area (Å²) in [6.07, 6.45) is 5.44. The van der Waals surface area contributed by atoms with E-state index < -0.39 is 0 Å². The van der Waals surface area contributed by atoms with Crippen LogP contribution in [0.25, 0.3) is 0 Å². The molecule has 2 rings (SSSR count). The summed E-state index contributed by atoms with van der Waals surface area (Å²) in [5.74, 6) is 0.823. The van der Waals surface area contributed by atoms with Gasteiger partial charge in [-0.05, 0) is 12.0 Å². The highest BCUT2D eigenvalue weighted by Gasteiger charge is 2.07. The maximum absolute atomic E-state index is 11.8. The van der Waals surface area contributed by atoms with E-state index in [2.05, 4.69) is 29.5 Å². The van der Waals surface area contributed by atoms with Crippen LogP contribution >= 0.6 is 0 Å². The van der Waals surface area contributed by atoms with Crippen molar-refractivity contribution < 1.29 is 4.79 Å². The highest BCUT2D eigenvalue weighted by molar-refractivity contribution is 5.89. The minimum atomic E-state index is 0.0632. The van der Waals surface area contributed by atoms with Crippen LogP contribution < -0.4 is 5.32 Å². The number of benzene rings is 1. The Kier molecular flexibility index (Phi) is 5.35. The summed E-state index contributed by atoms with van der Waals surface area (Å²) in [5.41, 5.74) is 1.16. The van der Waals surface area contributed by atoms with Crippen LogP contribution in [0.4, 0.5) is 5.82 Å². The van der Waals surface area contributed by atoms with Crippen molar-refractivity contribution in [1.29, 1.82) is 0 Å². The van der Waals surface area contributed by atoms with Crippen LogP contribution in [-0.2, 0) is 11.3 Å². The first-order chi connectivity index (χ1) is 9.79. The van der Waals surface area contributed by atoms with Crippen molar-refractivity contribution in [2.75, 3.05) is 5.32 Å². The van der Waals surface area contributed by atoms with Gasteiger partial charge in [0.15, 0.2) is 0 Å². The van der Waals surface area contributed by atoms with Gasteiger partial charge in [-0.15, -0.1) is 0 Å². The number of carbonyl (C=O) groups is 1. The molecule has 0 unspecified atom stereocenters. The molecule has 0 fully saturated rings. The van der Waals surface area contributed by atoms with Gasteiger partial charge in [0, 0.05) is 12.5 Å². The van der Waals surface area contributed by atoms with Gasteiger partial charge in [0.1, 0.15) is 5.82 Å². The molecule has 20 heavy (non-hydrogen) atoms. The van der Waals surface area contributed by atoms with E-state index in [-0.39, 0.29) is 5.91 Å². The lowest BCUT2D eigenvalue weighted by atomic mass is 10.2. The Bertz CT molecular complexity index is 534. The standard InChI is InChI=1S/C16H21N3O/c1-2-3-5-10-16(20)18-15-11-12-17-19(15)13-14-8-6-4-7-9-14/h4,6-9,11-12H,2-3,5,10,13H2,1H3,(H,18,20). The molecule has 0 radical (unpaired) electrons. The molecule has 1 aromatic carbocycles. The minimum Gasteiger partial charge on any atom is -0.311 e. The Hall–Kier alpha value is -2.10. The lowest BCUT2D eigenvalue weighted by Gasteiger charge is -2.09. The second-order valence-corrected chi connectivity index (χ2v) is 4.86. The van der Waals surface area contributed by atoms with Crippen LogP contribution in [0.15, 0.2) is 42.6 Å². The number of rotatable bonds is 7. The number of aromatic nitrogens is 2. The topological polar surface area (TPSA) is 46.9 Å². The third-order valence-electron chi connectivity index (χ3n) is 3.17. The Morgan fingerprint density at radius 2 is 2.00 bits per heavy atom. The lowest BCUT2D eigenvalue weighted by molar-refractivity contribution is -0.116. The predicted octanol–water partition coefficient (Wildman–Crippen LogP) is 3.45. The third kappa shape index (κ3) is 4.23. The van der Waals surface area contributed by atoms with Crippen molar-refractivity contribution in [1.82, 2.24) is 9.78 Å². The Balaban J connectivity index is 1.93. The average Bonchev–Trinajstić information content (AvgIpc) is 2.87. The van der Waals surface area contributed by atoms with E-state index in [1.807, 2.05) is 28.9 Å². The van der Waals surface area contributed by atoms with E-state index in [1.54, 1.807) is 6.20 Å². The molecule has 2 aromatic rings. The number of hydrogen-bond donors (Lipinski definition) is 1. The van der Waals surface area contributed by atoms with E-state index >= 15 is 0 Å². The number of amides is 1. The number of unbranched alkanes of at least 4 members (excludes halogenated alkanes) is 2. The first kappa shape index (κ1) is 14.3. The van der Waals surface area contributed by atoms with Gasteiger partial charge in [-0.2, -0.15) is 5.10 Å². The SMILES string of the molecule is CCCCCC(=O)Nc1ccnn1Cc1ccccc1. The van der Waals surface area contributed by atoms with Gasteiger partial charge < -0.3 is 5.32 Å². The van der Waals surface area contributed by atoms with Gasteiger partial charge in [0.25, 0.3) is 0 Å². The summed E-state index contributed by atoms with van der Waals surface area (Å²) < 4.78 is 1.81. The lowest BCUT2D eigenvalue weighted by Crippen LogP contribution is -2.15. The molecule has 1 N–H and O–H groups in total. The second kappa shape index (κ2) is 7.48.